The maximum atomic E-state index is 13.6. The van der Waals surface area contributed by atoms with E-state index < -0.39 is 0 Å². The van der Waals surface area contributed by atoms with E-state index in [4.69, 9.17) is 0 Å². The average molecular weight is 332 g/mol. The van der Waals surface area contributed by atoms with Gasteiger partial charge < -0.3 is 10.2 Å². The van der Waals surface area contributed by atoms with Gasteiger partial charge in [-0.25, -0.2) is 14.4 Å². The molecule has 0 aliphatic rings. The number of rotatable bonds is 2. The highest BCUT2D eigenvalue weighted by molar-refractivity contribution is 5.86. The van der Waals surface area contributed by atoms with Crippen LogP contribution in [0, 0.1) is 5.82 Å². The smallest absolute Gasteiger partial charge is 0.125 e. The number of phenolic OH excluding ortho intramolecular Hbond substituents is 2. The van der Waals surface area contributed by atoms with Gasteiger partial charge in [0.05, 0.1) is 22.4 Å². The zero-order valence-electron chi connectivity index (χ0n) is 13.0. The van der Waals surface area contributed by atoms with Gasteiger partial charge in [-0.3, -0.25) is 0 Å². The van der Waals surface area contributed by atoms with Crippen LogP contribution in [0.25, 0.3) is 33.5 Å². The summed E-state index contributed by atoms with van der Waals surface area (Å²) in [6.45, 7) is 0. The van der Waals surface area contributed by atoms with Crippen molar-refractivity contribution >= 4 is 11.0 Å². The maximum absolute atomic E-state index is 13.6. The van der Waals surface area contributed by atoms with Gasteiger partial charge >= 0.3 is 0 Å². The zero-order valence-corrected chi connectivity index (χ0v) is 13.0. The monoisotopic (exact) mass is 332 g/mol. The topological polar surface area (TPSA) is 66.2 Å². The molecule has 3 aromatic carbocycles. The molecule has 0 bridgehead atoms. The van der Waals surface area contributed by atoms with Crippen LogP contribution in [-0.4, -0.2) is 20.2 Å². The Morgan fingerprint density at radius 3 is 1.60 bits per heavy atom. The molecule has 0 radical (unpaired) electrons. The van der Waals surface area contributed by atoms with Crippen LogP contribution >= 0.6 is 0 Å². The van der Waals surface area contributed by atoms with Crippen molar-refractivity contribution in [2.75, 3.05) is 0 Å². The Kier molecular flexibility index (Phi) is 3.54. The van der Waals surface area contributed by atoms with Gasteiger partial charge in [0.1, 0.15) is 17.3 Å². The average Bonchev–Trinajstić information content (AvgIpc) is 2.62. The summed E-state index contributed by atoms with van der Waals surface area (Å²) in [5.41, 5.74) is 3.74. The summed E-state index contributed by atoms with van der Waals surface area (Å²) in [6.07, 6.45) is 0. The predicted molar refractivity (Wildman–Crippen MR) is 93.7 cm³/mol. The molecule has 0 saturated carbocycles. The van der Waals surface area contributed by atoms with Crippen molar-refractivity contribution in [3.63, 3.8) is 0 Å². The van der Waals surface area contributed by atoms with Crippen molar-refractivity contribution in [3.05, 3.63) is 72.5 Å². The molecule has 0 amide bonds. The van der Waals surface area contributed by atoms with Crippen LogP contribution in [0.15, 0.2) is 66.7 Å². The third-order valence-corrected chi connectivity index (χ3v) is 3.91. The molecule has 0 atom stereocenters. The SMILES string of the molecule is Oc1ccc(-c2nc3ccc(F)cc3nc2-c2ccc(O)cc2)cc1. The van der Waals surface area contributed by atoms with Crippen molar-refractivity contribution in [1.82, 2.24) is 9.97 Å². The molecule has 0 spiro atoms. The first-order valence-electron chi connectivity index (χ1n) is 7.66. The van der Waals surface area contributed by atoms with E-state index in [1.165, 1.54) is 12.1 Å². The Labute approximate surface area is 142 Å². The van der Waals surface area contributed by atoms with Crippen LogP contribution < -0.4 is 0 Å². The van der Waals surface area contributed by atoms with E-state index in [0.717, 1.165) is 11.1 Å². The lowest BCUT2D eigenvalue weighted by molar-refractivity contribution is 0.475. The molecular formula is C20H13FN2O2. The number of phenols is 2. The number of benzene rings is 3. The van der Waals surface area contributed by atoms with E-state index in [1.54, 1.807) is 54.6 Å². The van der Waals surface area contributed by atoms with Gasteiger partial charge in [-0.15, -0.1) is 0 Å². The van der Waals surface area contributed by atoms with Gasteiger partial charge in [0, 0.05) is 17.2 Å². The molecular weight excluding hydrogens is 319 g/mol. The second-order valence-electron chi connectivity index (χ2n) is 5.65. The van der Waals surface area contributed by atoms with Crippen LogP contribution in [0.1, 0.15) is 0 Å². The second-order valence-corrected chi connectivity index (χ2v) is 5.65. The Hall–Kier alpha value is -3.47. The summed E-state index contributed by atoms with van der Waals surface area (Å²) in [5.74, 6) is -0.0729. The van der Waals surface area contributed by atoms with Crippen LogP contribution in [0.5, 0.6) is 11.5 Å². The van der Waals surface area contributed by atoms with Crippen LogP contribution in [-0.2, 0) is 0 Å². The lowest BCUT2D eigenvalue weighted by Crippen LogP contribution is -1.96. The van der Waals surface area contributed by atoms with E-state index in [1.807, 2.05) is 0 Å². The summed E-state index contributed by atoms with van der Waals surface area (Å²) in [5, 5.41) is 19.0. The van der Waals surface area contributed by atoms with Gasteiger partial charge in [0.2, 0.25) is 0 Å². The molecule has 0 saturated heterocycles. The number of fused-ring (bicyclic) bond motifs is 1. The van der Waals surface area contributed by atoms with Crippen LogP contribution in [0.2, 0.25) is 0 Å². The van der Waals surface area contributed by atoms with E-state index in [2.05, 4.69) is 9.97 Å². The fourth-order valence-corrected chi connectivity index (χ4v) is 2.67. The highest BCUT2D eigenvalue weighted by atomic mass is 19.1. The second kappa shape index (κ2) is 5.87. The van der Waals surface area contributed by atoms with Gasteiger partial charge in [-0.05, 0) is 60.7 Å². The Bertz CT molecular complexity index is 1060. The summed E-state index contributed by atoms with van der Waals surface area (Å²) in [7, 11) is 0. The first-order chi connectivity index (χ1) is 12.1. The number of nitrogens with zero attached hydrogens (tertiary/aromatic N) is 2. The maximum Gasteiger partial charge on any atom is 0.125 e. The van der Waals surface area contributed by atoms with Crippen molar-refractivity contribution < 1.29 is 14.6 Å². The Morgan fingerprint density at radius 1 is 0.600 bits per heavy atom. The molecule has 0 unspecified atom stereocenters. The molecule has 4 aromatic rings. The minimum absolute atomic E-state index is 0.148. The summed E-state index contributed by atoms with van der Waals surface area (Å²) >= 11 is 0. The van der Waals surface area contributed by atoms with E-state index in [9.17, 15) is 14.6 Å². The number of aromatic nitrogens is 2. The van der Waals surface area contributed by atoms with Gasteiger partial charge in [-0.1, -0.05) is 0 Å². The lowest BCUT2D eigenvalue weighted by atomic mass is 10.0. The normalized spacial score (nSPS) is 10.9. The molecule has 0 aliphatic carbocycles. The Balaban J connectivity index is 2.01. The fourth-order valence-electron chi connectivity index (χ4n) is 2.67. The molecule has 0 aliphatic heterocycles. The summed E-state index contributed by atoms with van der Waals surface area (Å²) < 4.78 is 13.6. The van der Waals surface area contributed by atoms with Crippen molar-refractivity contribution in [2.24, 2.45) is 0 Å². The van der Waals surface area contributed by atoms with Crippen molar-refractivity contribution in [3.8, 4) is 34.0 Å². The molecule has 25 heavy (non-hydrogen) atoms. The largest absolute Gasteiger partial charge is 0.508 e. The molecule has 0 fully saturated rings. The van der Waals surface area contributed by atoms with E-state index in [-0.39, 0.29) is 17.3 Å². The quantitative estimate of drug-likeness (QED) is 0.566. The number of halogens is 1. The number of hydrogen-bond acceptors (Lipinski definition) is 4. The minimum atomic E-state index is -0.379. The molecule has 4 nitrogen and oxygen atoms in total. The zero-order chi connectivity index (χ0) is 17.4. The summed E-state index contributed by atoms with van der Waals surface area (Å²) in [4.78, 5) is 9.23. The first kappa shape index (κ1) is 15.1. The van der Waals surface area contributed by atoms with Gasteiger partial charge in [-0.2, -0.15) is 0 Å². The third kappa shape index (κ3) is 2.87. The Morgan fingerprint density at radius 2 is 1.08 bits per heavy atom. The molecule has 1 heterocycles. The molecule has 122 valence electrons. The molecule has 2 N–H and O–H groups in total. The molecule has 4 rings (SSSR count). The van der Waals surface area contributed by atoms with E-state index >= 15 is 0 Å². The fraction of sp³-hybridized carbons (Fsp3) is 0. The highest BCUT2D eigenvalue weighted by Crippen LogP contribution is 2.32. The number of aromatic hydroxyl groups is 2. The van der Waals surface area contributed by atoms with Gasteiger partial charge in [0.25, 0.3) is 0 Å². The minimum Gasteiger partial charge on any atom is -0.508 e. The van der Waals surface area contributed by atoms with Gasteiger partial charge in [0.15, 0.2) is 0 Å². The molecule has 5 heteroatoms. The van der Waals surface area contributed by atoms with E-state index in [0.29, 0.717) is 22.4 Å². The van der Waals surface area contributed by atoms with Crippen LogP contribution in [0.4, 0.5) is 4.39 Å². The molecule has 1 aromatic heterocycles. The summed E-state index contributed by atoms with van der Waals surface area (Å²) in [6, 6.07) is 17.5. The number of hydrogen-bond donors (Lipinski definition) is 2. The van der Waals surface area contributed by atoms with Crippen LogP contribution in [0.3, 0.4) is 0 Å². The van der Waals surface area contributed by atoms with Crippen molar-refractivity contribution in [1.29, 1.82) is 0 Å². The predicted octanol–water partition coefficient (Wildman–Crippen LogP) is 4.51. The van der Waals surface area contributed by atoms with Crippen molar-refractivity contribution in [2.45, 2.75) is 0 Å². The standard InChI is InChI=1S/C20H13FN2O2/c21-14-5-10-17-18(11-14)23-20(13-3-8-16(25)9-4-13)19(22-17)12-1-6-15(24)7-2-12/h1-11,24-25H. The first-order valence-corrected chi connectivity index (χ1v) is 7.66. The third-order valence-electron chi connectivity index (χ3n) is 3.91. The highest BCUT2D eigenvalue weighted by Gasteiger charge is 2.14. The lowest BCUT2D eigenvalue weighted by Gasteiger charge is -2.11.